The van der Waals surface area contributed by atoms with Gasteiger partial charge in [0.25, 0.3) is 0 Å². The lowest BCUT2D eigenvalue weighted by Crippen LogP contribution is -2.32. The summed E-state index contributed by atoms with van der Waals surface area (Å²) < 4.78 is 5.36. The summed E-state index contributed by atoms with van der Waals surface area (Å²) in [5.41, 5.74) is 8.41. The van der Waals surface area contributed by atoms with E-state index in [9.17, 15) is 0 Å². The van der Waals surface area contributed by atoms with Crippen LogP contribution >= 0.6 is 0 Å². The summed E-state index contributed by atoms with van der Waals surface area (Å²) in [5.74, 6) is 0.831. The van der Waals surface area contributed by atoms with Crippen molar-refractivity contribution in [2.45, 2.75) is 31.1 Å². The monoisotopic (exact) mass is 256 g/mol. The molecule has 19 heavy (non-hydrogen) atoms. The summed E-state index contributed by atoms with van der Waals surface area (Å²) in [7, 11) is 1.68. The molecule has 0 bridgehead atoms. The number of nitrogens with zero attached hydrogens (tertiary/aromatic N) is 1. The number of methoxy groups -OCH3 is 1. The van der Waals surface area contributed by atoms with Gasteiger partial charge in [-0.1, -0.05) is 25.0 Å². The largest absolute Gasteiger partial charge is 0.494 e. The van der Waals surface area contributed by atoms with Gasteiger partial charge in [-0.2, -0.15) is 0 Å². The summed E-state index contributed by atoms with van der Waals surface area (Å²) in [5, 5.41) is 1.14. The zero-order valence-electron chi connectivity index (χ0n) is 11.4. The number of nitrogens with two attached hydrogens (primary N) is 1. The van der Waals surface area contributed by atoms with Gasteiger partial charge in [0.2, 0.25) is 0 Å². The van der Waals surface area contributed by atoms with Gasteiger partial charge in [0.15, 0.2) is 0 Å². The molecular weight excluding hydrogens is 236 g/mol. The second-order valence-corrected chi connectivity index (χ2v) is 5.45. The van der Waals surface area contributed by atoms with E-state index in [1.807, 2.05) is 18.3 Å². The summed E-state index contributed by atoms with van der Waals surface area (Å²) in [6, 6.07) is 8.29. The Morgan fingerprint density at radius 2 is 2.11 bits per heavy atom. The predicted molar refractivity (Wildman–Crippen MR) is 77.5 cm³/mol. The maximum absolute atomic E-state index is 6.05. The van der Waals surface area contributed by atoms with Crippen molar-refractivity contribution in [2.24, 2.45) is 5.73 Å². The van der Waals surface area contributed by atoms with Crippen LogP contribution in [0.25, 0.3) is 10.9 Å². The van der Waals surface area contributed by atoms with Gasteiger partial charge in [-0.25, -0.2) is 0 Å². The van der Waals surface area contributed by atoms with Gasteiger partial charge in [0.05, 0.1) is 7.11 Å². The Labute approximate surface area is 113 Å². The first-order chi connectivity index (χ1) is 9.29. The van der Waals surface area contributed by atoms with Crippen LogP contribution in [0.3, 0.4) is 0 Å². The second kappa shape index (κ2) is 4.82. The first-order valence-corrected chi connectivity index (χ1v) is 6.92. The van der Waals surface area contributed by atoms with Crippen LogP contribution in [0.2, 0.25) is 0 Å². The third-order valence-electron chi connectivity index (χ3n) is 4.46. The van der Waals surface area contributed by atoms with Gasteiger partial charge in [-0.15, -0.1) is 0 Å². The Hall–Kier alpha value is -1.61. The third kappa shape index (κ3) is 1.98. The van der Waals surface area contributed by atoms with Crippen LogP contribution in [-0.2, 0) is 5.41 Å². The van der Waals surface area contributed by atoms with E-state index in [0.29, 0.717) is 6.54 Å². The topological polar surface area (TPSA) is 48.1 Å². The number of hydrogen-bond acceptors (Lipinski definition) is 3. The Bertz CT molecular complexity index is 588. The van der Waals surface area contributed by atoms with Gasteiger partial charge in [-0.05, 0) is 30.5 Å². The van der Waals surface area contributed by atoms with Gasteiger partial charge in [0, 0.05) is 23.5 Å². The lowest BCUT2D eigenvalue weighted by molar-refractivity contribution is 0.418. The van der Waals surface area contributed by atoms with E-state index in [-0.39, 0.29) is 5.41 Å². The molecule has 1 aromatic heterocycles. The number of fused-ring (bicyclic) bond motifs is 1. The Kier molecular flexibility index (Phi) is 3.15. The molecule has 0 amide bonds. The smallest absolute Gasteiger partial charge is 0.145 e. The number of pyridine rings is 1. The van der Waals surface area contributed by atoms with E-state index in [0.717, 1.165) is 16.7 Å². The predicted octanol–water partition coefficient (Wildman–Crippen LogP) is 3.01. The molecule has 3 rings (SSSR count). The number of aromatic nitrogens is 1. The Morgan fingerprint density at radius 3 is 2.79 bits per heavy atom. The molecule has 0 unspecified atom stereocenters. The molecule has 3 heteroatoms. The second-order valence-electron chi connectivity index (χ2n) is 5.45. The number of hydrogen-bond donors (Lipinski definition) is 1. The minimum atomic E-state index is 0.143. The Balaban J connectivity index is 2.11. The van der Waals surface area contributed by atoms with Crippen molar-refractivity contribution in [3.63, 3.8) is 0 Å². The molecule has 1 fully saturated rings. The van der Waals surface area contributed by atoms with Crippen LogP contribution in [0, 0.1) is 0 Å². The standard InChI is InChI=1S/C16H20N2O/c1-19-14-6-4-5-12-9-13(10-18-15(12)14)16(11-17)7-2-3-8-16/h4-6,9-10H,2-3,7-8,11,17H2,1H3. The lowest BCUT2D eigenvalue weighted by atomic mass is 9.79. The van der Waals surface area contributed by atoms with Crippen molar-refractivity contribution in [2.75, 3.05) is 13.7 Å². The lowest BCUT2D eigenvalue weighted by Gasteiger charge is -2.27. The van der Waals surface area contributed by atoms with Gasteiger partial charge < -0.3 is 10.5 Å². The van der Waals surface area contributed by atoms with Gasteiger partial charge in [0.1, 0.15) is 11.3 Å². The van der Waals surface area contributed by atoms with Crippen LogP contribution in [-0.4, -0.2) is 18.6 Å². The molecule has 0 spiro atoms. The minimum Gasteiger partial charge on any atom is -0.494 e. The molecule has 100 valence electrons. The molecule has 0 radical (unpaired) electrons. The molecule has 1 aliphatic carbocycles. The SMILES string of the molecule is COc1cccc2cc(C3(CN)CCCC3)cnc12. The highest BCUT2D eigenvalue weighted by Gasteiger charge is 2.34. The fourth-order valence-electron chi connectivity index (χ4n) is 3.25. The third-order valence-corrected chi connectivity index (χ3v) is 4.46. The van der Waals surface area contributed by atoms with Gasteiger partial charge in [-0.3, -0.25) is 4.98 Å². The van der Waals surface area contributed by atoms with Crippen LogP contribution < -0.4 is 10.5 Å². The molecule has 2 aromatic rings. The molecule has 1 saturated carbocycles. The zero-order valence-corrected chi connectivity index (χ0v) is 11.4. The van der Waals surface area contributed by atoms with Crippen LogP contribution in [0.5, 0.6) is 5.75 Å². The van der Waals surface area contributed by atoms with E-state index in [2.05, 4.69) is 17.1 Å². The van der Waals surface area contributed by atoms with Crippen molar-refractivity contribution >= 4 is 10.9 Å². The maximum Gasteiger partial charge on any atom is 0.145 e. The van der Waals surface area contributed by atoms with E-state index in [1.54, 1.807) is 7.11 Å². The van der Waals surface area contributed by atoms with Crippen molar-refractivity contribution in [1.29, 1.82) is 0 Å². The summed E-state index contributed by atoms with van der Waals surface area (Å²) in [6.07, 6.45) is 6.89. The van der Waals surface area contributed by atoms with Crippen LogP contribution in [0.1, 0.15) is 31.2 Å². The maximum atomic E-state index is 6.05. The zero-order chi connectivity index (χ0) is 13.3. The van der Waals surface area contributed by atoms with Crippen molar-refractivity contribution in [3.8, 4) is 5.75 Å². The number of benzene rings is 1. The van der Waals surface area contributed by atoms with E-state index in [4.69, 9.17) is 10.5 Å². The molecule has 2 N–H and O–H groups in total. The van der Waals surface area contributed by atoms with Gasteiger partial charge >= 0.3 is 0 Å². The fourth-order valence-corrected chi connectivity index (χ4v) is 3.25. The van der Waals surface area contributed by atoms with Crippen LogP contribution in [0.4, 0.5) is 0 Å². The highest BCUT2D eigenvalue weighted by Crippen LogP contribution is 2.41. The quantitative estimate of drug-likeness (QED) is 0.918. The van der Waals surface area contributed by atoms with Crippen molar-refractivity contribution < 1.29 is 4.74 Å². The summed E-state index contributed by atoms with van der Waals surface area (Å²) in [6.45, 7) is 0.712. The first kappa shape index (κ1) is 12.4. The van der Waals surface area contributed by atoms with Crippen molar-refractivity contribution in [1.82, 2.24) is 4.98 Å². The van der Waals surface area contributed by atoms with Crippen molar-refractivity contribution in [3.05, 3.63) is 36.0 Å². The summed E-state index contributed by atoms with van der Waals surface area (Å²) >= 11 is 0. The molecular formula is C16H20N2O. The minimum absolute atomic E-state index is 0.143. The number of ether oxygens (including phenoxy) is 1. The highest BCUT2D eigenvalue weighted by molar-refractivity contribution is 5.85. The molecule has 3 nitrogen and oxygen atoms in total. The van der Waals surface area contributed by atoms with E-state index >= 15 is 0 Å². The van der Waals surface area contributed by atoms with E-state index < -0.39 is 0 Å². The average molecular weight is 256 g/mol. The molecule has 1 aliphatic rings. The molecule has 0 saturated heterocycles. The molecule has 0 aliphatic heterocycles. The molecule has 0 atom stereocenters. The molecule has 1 heterocycles. The first-order valence-electron chi connectivity index (χ1n) is 6.92. The summed E-state index contributed by atoms with van der Waals surface area (Å²) in [4.78, 5) is 4.61. The Morgan fingerprint density at radius 1 is 1.32 bits per heavy atom. The number of para-hydroxylation sites is 1. The normalized spacial score (nSPS) is 17.8. The fraction of sp³-hybridized carbons (Fsp3) is 0.438. The van der Waals surface area contributed by atoms with Crippen LogP contribution in [0.15, 0.2) is 30.5 Å². The average Bonchev–Trinajstić information content (AvgIpc) is 2.96. The van der Waals surface area contributed by atoms with E-state index in [1.165, 1.54) is 31.2 Å². The number of rotatable bonds is 3. The molecule has 1 aromatic carbocycles. The highest BCUT2D eigenvalue weighted by atomic mass is 16.5.